The molecule has 0 N–H and O–H groups in total. The van der Waals surface area contributed by atoms with E-state index in [0.29, 0.717) is 19.1 Å². The molecular formula is C19H19N3O2S. The lowest BCUT2D eigenvalue weighted by Crippen LogP contribution is -2.36. The number of aromatic nitrogens is 2. The summed E-state index contributed by atoms with van der Waals surface area (Å²) >= 11 is 1.18. The molecule has 1 saturated heterocycles. The molecule has 0 atom stereocenters. The zero-order valence-electron chi connectivity index (χ0n) is 13.7. The van der Waals surface area contributed by atoms with Crippen LogP contribution in [0, 0.1) is 0 Å². The van der Waals surface area contributed by atoms with Gasteiger partial charge in [-0.3, -0.25) is 0 Å². The van der Waals surface area contributed by atoms with Gasteiger partial charge in [-0.2, -0.15) is 4.37 Å². The lowest BCUT2D eigenvalue weighted by molar-refractivity contribution is 0.122. The van der Waals surface area contributed by atoms with Crippen LogP contribution in [0.1, 0.15) is 17.2 Å². The third-order valence-electron chi connectivity index (χ3n) is 4.19. The summed E-state index contributed by atoms with van der Waals surface area (Å²) in [5, 5.41) is 0. The molecule has 5 nitrogen and oxygen atoms in total. The molecule has 6 heteroatoms. The Balaban J connectivity index is 1.65. The summed E-state index contributed by atoms with van der Waals surface area (Å²) in [4.78, 5) is 2.18. The largest absolute Gasteiger partial charge is 0.461 e. The number of anilines is 1. The molecule has 3 aromatic rings. The van der Waals surface area contributed by atoms with Gasteiger partial charge in [0.2, 0.25) is 5.82 Å². The Morgan fingerprint density at radius 3 is 2.08 bits per heavy atom. The van der Waals surface area contributed by atoms with Crippen LogP contribution >= 0.6 is 11.7 Å². The summed E-state index contributed by atoms with van der Waals surface area (Å²) in [7, 11) is 0. The van der Waals surface area contributed by atoms with E-state index in [1.807, 2.05) is 36.4 Å². The Hall–Kier alpha value is -2.44. The first-order valence-electron chi connectivity index (χ1n) is 8.33. The van der Waals surface area contributed by atoms with Crippen molar-refractivity contribution in [2.75, 3.05) is 31.2 Å². The van der Waals surface area contributed by atoms with Gasteiger partial charge in [-0.15, -0.1) is 4.37 Å². The van der Waals surface area contributed by atoms with Crippen molar-refractivity contribution < 1.29 is 9.47 Å². The molecule has 1 aliphatic heterocycles. The summed E-state index contributed by atoms with van der Waals surface area (Å²) in [6.07, 6.45) is -0.217. The van der Waals surface area contributed by atoms with Crippen LogP contribution in [0.4, 0.5) is 5.82 Å². The van der Waals surface area contributed by atoms with E-state index < -0.39 is 0 Å². The highest BCUT2D eigenvalue weighted by atomic mass is 32.1. The minimum absolute atomic E-state index is 0.217. The predicted octanol–water partition coefficient (Wildman–Crippen LogP) is 3.54. The molecule has 25 heavy (non-hydrogen) atoms. The van der Waals surface area contributed by atoms with Crippen molar-refractivity contribution in [3.8, 4) is 5.88 Å². The molecule has 2 heterocycles. The highest BCUT2D eigenvalue weighted by Gasteiger charge is 2.24. The summed E-state index contributed by atoms with van der Waals surface area (Å²) < 4.78 is 20.7. The second-order valence-corrected chi connectivity index (χ2v) is 6.34. The van der Waals surface area contributed by atoms with Crippen molar-refractivity contribution in [2.45, 2.75) is 6.10 Å². The standard InChI is InChI=1S/C19H19N3O2S/c1-3-7-15(8-4-1)17(16-9-5-2-6-10-16)24-19-18(20-25-21-19)22-11-13-23-14-12-22/h1-10,17H,11-14H2. The zero-order valence-corrected chi connectivity index (χ0v) is 14.6. The van der Waals surface area contributed by atoms with E-state index in [2.05, 4.69) is 37.9 Å². The lowest BCUT2D eigenvalue weighted by Gasteiger charge is -2.27. The minimum Gasteiger partial charge on any atom is -0.461 e. The first-order chi connectivity index (χ1) is 12.4. The molecular weight excluding hydrogens is 334 g/mol. The maximum Gasteiger partial charge on any atom is 0.271 e. The van der Waals surface area contributed by atoms with E-state index in [0.717, 1.165) is 30.0 Å². The second kappa shape index (κ2) is 7.63. The molecule has 0 aliphatic carbocycles. The van der Waals surface area contributed by atoms with Gasteiger partial charge in [0.25, 0.3) is 5.88 Å². The summed E-state index contributed by atoms with van der Waals surface area (Å²) in [5.41, 5.74) is 2.18. The van der Waals surface area contributed by atoms with Gasteiger partial charge in [0.15, 0.2) is 6.10 Å². The van der Waals surface area contributed by atoms with Crippen LogP contribution in [0.3, 0.4) is 0 Å². The maximum absolute atomic E-state index is 6.37. The quantitative estimate of drug-likeness (QED) is 0.702. The van der Waals surface area contributed by atoms with Crippen molar-refractivity contribution in [3.05, 3.63) is 71.8 Å². The molecule has 4 rings (SSSR count). The van der Waals surface area contributed by atoms with E-state index in [-0.39, 0.29) is 6.10 Å². The van der Waals surface area contributed by atoms with Gasteiger partial charge < -0.3 is 14.4 Å². The van der Waals surface area contributed by atoms with E-state index in [1.54, 1.807) is 0 Å². The molecule has 0 amide bonds. The van der Waals surface area contributed by atoms with Crippen molar-refractivity contribution in [2.24, 2.45) is 0 Å². The van der Waals surface area contributed by atoms with E-state index in [1.165, 1.54) is 11.7 Å². The van der Waals surface area contributed by atoms with Crippen LogP contribution in [-0.2, 0) is 4.74 Å². The monoisotopic (exact) mass is 353 g/mol. The van der Waals surface area contributed by atoms with Gasteiger partial charge in [0, 0.05) is 13.1 Å². The molecule has 1 aromatic heterocycles. The fourth-order valence-corrected chi connectivity index (χ4v) is 3.42. The van der Waals surface area contributed by atoms with E-state index in [4.69, 9.17) is 9.47 Å². The average Bonchev–Trinajstić information content (AvgIpc) is 3.16. The van der Waals surface area contributed by atoms with Gasteiger partial charge in [-0.1, -0.05) is 60.7 Å². The Morgan fingerprint density at radius 2 is 1.48 bits per heavy atom. The lowest BCUT2D eigenvalue weighted by atomic mass is 10.0. The topological polar surface area (TPSA) is 47.5 Å². The number of hydrogen-bond acceptors (Lipinski definition) is 6. The second-order valence-electron chi connectivity index (χ2n) is 5.81. The van der Waals surface area contributed by atoms with Crippen LogP contribution < -0.4 is 9.64 Å². The minimum atomic E-state index is -0.217. The summed E-state index contributed by atoms with van der Waals surface area (Å²) in [5.74, 6) is 1.40. The van der Waals surface area contributed by atoms with Crippen LogP contribution in [0.2, 0.25) is 0 Å². The van der Waals surface area contributed by atoms with Crippen LogP contribution in [0.5, 0.6) is 5.88 Å². The van der Waals surface area contributed by atoms with Gasteiger partial charge in [0.1, 0.15) is 0 Å². The number of morpholine rings is 1. The first kappa shape index (κ1) is 16.1. The Morgan fingerprint density at radius 1 is 0.880 bits per heavy atom. The molecule has 1 fully saturated rings. The summed E-state index contributed by atoms with van der Waals surface area (Å²) in [6, 6.07) is 20.4. The van der Waals surface area contributed by atoms with Crippen molar-refractivity contribution in [3.63, 3.8) is 0 Å². The number of benzene rings is 2. The van der Waals surface area contributed by atoms with Crippen molar-refractivity contribution >= 4 is 17.5 Å². The van der Waals surface area contributed by atoms with Crippen molar-refractivity contribution in [1.29, 1.82) is 0 Å². The molecule has 0 saturated carbocycles. The van der Waals surface area contributed by atoms with E-state index >= 15 is 0 Å². The highest BCUT2D eigenvalue weighted by Crippen LogP contribution is 2.33. The molecule has 128 valence electrons. The maximum atomic E-state index is 6.37. The smallest absolute Gasteiger partial charge is 0.271 e. The van der Waals surface area contributed by atoms with Crippen molar-refractivity contribution in [1.82, 2.24) is 8.75 Å². The molecule has 0 bridgehead atoms. The first-order valence-corrected chi connectivity index (χ1v) is 9.06. The molecule has 2 aromatic carbocycles. The summed E-state index contributed by atoms with van der Waals surface area (Å²) in [6.45, 7) is 3.03. The van der Waals surface area contributed by atoms with Gasteiger partial charge in [-0.05, 0) is 11.1 Å². The van der Waals surface area contributed by atoms with Crippen LogP contribution in [-0.4, -0.2) is 35.1 Å². The SMILES string of the molecule is c1ccc(C(Oc2nsnc2N2CCOCC2)c2ccccc2)cc1. The average molecular weight is 353 g/mol. The predicted molar refractivity (Wildman–Crippen MR) is 98.3 cm³/mol. The van der Waals surface area contributed by atoms with Gasteiger partial charge in [-0.25, -0.2) is 0 Å². The Kier molecular flexibility index (Phi) is 4.90. The molecule has 0 spiro atoms. The number of nitrogens with zero attached hydrogens (tertiary/aromatic N) is 3. The number of rotatable bonds is 5. The number of ether oxygens (including phenoxy) is 2. The van der Waals surface area contributed by atoms with Crippen LogP contribution in [0.15, 0.2) is 60.7 Å². The highest BCUT2D eigenvalue weighted by molar-refractivity contribution is 6.99. The third kappa shape index (κ3) is 3.65. The van der Waals surface area contributed by atoms with Crippen LogP contribution in [0.25, 0.3) is 0 Å². The zero-order chi connectivity index (χ0) is 16.9. The Labute approximate surface area is 151 Å². The molecule has 1 aliphatic rings. The van der Waals surface area contributed by atoms with Gasteiger partial charge >= 0.3 is 0 Å². The normalized spacial score (nSPS) is 14.7. The fourth-order valence-electron chi connectivity index (χ4n) is 2.91. The van der Waals surface area contributed by atoms with E-state index in [9.17, 15) is 0 Å². The molecule has 0 radical (unpaired) electrons. The third-order valence-corrected chi connectivity index (χ3v) is 4.69. The molecule has 0 unspecified atom stereocenters. The van der Waals surface area contributed by atoms with Gasteiger partial charge in [0.05, 0.1) is 24.9 Å². The fraction of sp³-hybridized carbons (Fsp3) is 0.263. The Bertz CT molecular complexity index is 749. The number of hydrogen-bond donors (Lipinski definition) is 0.